The number of carbonyl (C=O) groups excluding carboxylic acids is 1. The number of ketones is 1. The standard InChI is InChI=1S/C18H20OS/c1-13-10-14(2)12-16(11-13)18(19)9-6-15-4-7-17(20-3)8-5-15/h4-5,7-8,10-12H,6,9H2,1-3H3. The summed E-state index contributed by atoms with van der Waals surface area (Å²) in [5, 5.41) is 0. The van der Waals surface area contributed by atoms with Crippen LogP contribution in [-0.4, -0.2) is 12.0 Å². The van der Waals surface area contributed by atoms with E-state index in [0.29, 0.717) is 6.42 Å². The number of rotatable bonds is 5. The van der Waals surface area contributed by atoms with Gasteiger partial charge in [0.1, 0.15) is 0 Å². The molecule has 1 nitrogen and oxygen atoms in total. The molecular weight excluding hydrogens is 264 g/mol. The van der Waals surface area contributed by atoms with Gasteiger partial charge in [-0.3, -0.25) is 4.79 Å². The molecule has 2 heteroatoms. The molecule has 2 rings (SSSR count). The topological polar surface area (TPSA) is 17.1 Å². The SMILES string of the molecule is CSc1ccc(CCC(=O)c2cc(C)cc(C)c2)cc1. The highest BCUT2D eigenvalue weighted by Gasteiger charge is 2.07. The van der Waals surface area contributed by atoms with E-state index in [2.05, 4.69) is 36.6 Å². The average Bonchev–Trinajstić information content (AvgIpc) is 2.44. The summed E-state index contributed by atoms with van der Waals surface area (Å²) in [7, 11) is 0. The highest BCUT2D eigenvalue weighted by molar-refractivity contribution is 7.98. The van der Waals surface area contributed by atoms with Crippen LogP contribution < -0.4 is 0 Å². The van der Waals surface area contributed by atoms with Crippen molar-refractivity contribution < 1.29 is 4.79 Å². The van der Waals surface area contributed by atoms with Crippen LogP contribution in [0.15, 0.2) is 47.4 Å². The fourth-order valence-electron chi connectivity index (χ4n) is 2.33. The minimum atomic E-state index is 0.228. The van der Waals surface area contributed by atoms with Crippen molar-refractivity contribution in [2.75, 3.05) is 6.26 Å². The van der Waals surface area contributed by atoms with Gasteiger partial charge in [-0.15, -0.1) is 11.8 Å². The first kappa shape index (κ1) is 14.9. The summed E-state index contributed by atoms with van der Waals surface area (Å²) in [6.45, 7) is 4.07. The van der Waals surface area contributed by atoms with E-state index in [1.54, 1.807) is 11.8 Å². The molecule has 0 radical (unpaired) electrons. The van der Waals surface area contributed by atoms with Gasteiger partial charge < -0.3 is 0 Å². The van der Waals surface area contributed by atoms with Crippen molar-refractivity contribution in [1.29, 1.82) is 0 Å². The number of hydrogen-bond acceptors (Lipinski definition) is 2. The van der Waals surface area contributed by atoms with Crippen LogP contribution in [0.4, 0.5) is 0 Å². The minimum absolute atomic E-state index is 0.228. The Balaban J connectivity index is 2.00. The third-order valence-corrected chi connectivity index (χ3v) is 4.09. The van der Waals surface area contributed by atoms with Crippen LogP contribution in [0.25, 0.3) is 0 Å². The molecule has 2 aromatic carbocycles. The van der Waals surface area contributed by atoms with Gasteiger partial charge in [0.25, 0.3) is 0 Å². The lowest BCUT2D eigenvalue weighted by Crippen LogP contribution is -2.02. The van der Waals surface area contributed by atoms with Crippen LogP contribution in [0.1, 0.15) is 33.5 Å². The first-order chi connectivity index (χ1) is 9.58. The Bertz CT molecular complexity index is 579. The van der Waals surface area contributed by atoms with Gasteiger partial charge in [-0.2, -0.15) is 0 Å². The molecule has 0 bridgehead atoms. The van der Waals surface area contributed by atoms with Crippen molar-refractivity contribution in [1.82, 2.24) is 0 Å². The molecule has 0 aliphatic carbocycles. The molecule has 0 aromatic heterocycles. The summed E-state index contributed by atoms with van der Waals surface area (Å²) in [5.41, 5.74) is 4.36. The molecular formula is C18H20OS. The van der Waals surface area contributed by atoms with E-state index in [-0.39, 0.29) is 5.78 Å². The Morgan fingerprint density at radius 1 is 1.00 bits per heavy atom. The molecule has 0 heterocycles. The van der Waals surface area contributed by atoms with Crippen LogP contribution in [0, 0.1) is 13.8 Å². The molecule has 2 aromatic rings. The fourth-order valence-corrected chi connectivity index (χ4v) is 2.74. The van der Waals surface area contributed by atoms with Gasteiger partial charge in [0.05, 0.1) is 0 Å². The van der Waals surface area contributed by atoms with Gasteiger partial charge in [0, 0.05) is 16.9 Å². The van der Waals surface area contributed by atoms with E-state index >= 15 is 0 Å². The van der Waals surface area contributed by atoms with Crippen molar-refractivity contribution in [3.05, 3.63) is 64.7 Å². The maximum atomic E-state index is 12.2. The number of Topliss-reactive ketones (excluding diaryl/α,β-unsaturated/α-hetero) is 1. The van der Waals surface area contributed by atoms with E-state index in [9.17, 15) is 4.79 Å². The summed E-state index contributed by atoms with van der Waals surface area (Å²) >= 11 is 1.74. The maximum absolute atomic E-state index is 12.2. The average molecular weight is 284 g/mol. The summed E-state index contributed by atoms with van der Waals surface area (Å²) in [6, 6.07) is 14.5. The van der Waals surface area contributed by atoms with Gasteiger partial charge in [-0.1, -0.05) is 29.3 Å². The van der Waals surface area contributed by atoms with Crippen LogP contribution >= 0.6 is 11.8 Å². The summed E-state index contributed by atoms with van der Waals surface area (Å²) in [6.07, 6.45) is 3.45. The molecule has 104 valence electrons. The van der Waals surface area contributed by atoms with E-state index in [0.717, 1.165) is 23.1 Å². The predicted octanol–water partition coefficient (Wildman–Crippen LogP) is 4.84. The third kappa shape index (κ3) is 3.97. The molecule has 0 atom stereocenters. The molecule has 0 aliphatic rings. The number of carbonyl (C=O) groups is 1. The largest absolute Gasteiger partial charge is 0.294 e. The van der Waals surface area contributed by atoms with Crippen molar-refractivity contribution in [2.24, 2.45) is 0 Å². The summed E-state index contributed by atoms with van der Waals surface area (Å²) in [5.74, 6) is 0.228. The van der Waals surface area contributed by atoms with Gasteiger partial charge in [0.15, 0.2) is 5.78 Å². The second kappa shape index (κ2) is 6.76. The monoisotopic (exact) mass is 284 g/mol. The zero-order chi connectivity index (χ0) is 14.5. The normalized spacial score (nSPS) is 10.6. The number of benzene rings is 2. The Kier molecular flexibility index (Phi) is 5.02. The lowest BCUT2D eigenvalue weighted by Gasteiger charge is -2.05. The lowest BCUT2D eigenvalue weighted by molar-refractivity contribution is 0.0982. The highest BCUT2D eigenvalue weighted by atomic mass is 32.2. The summed E-state index contributed by atoms with van der Waals surface area (Å²) < 4.78 is 0. The van der Waals surface area contributed by atoms with E-state index in [1.807, 2.05) is 26.0 Å². The predicted molar refractivity (Wildman–Crippen MR) is 86.8 cm³/mol. The smallest absolute Gasteiger partial charge is 0.163 e. The van der Waals surface area contributed by atoms with Crippen molar-refractivity contribution in [3.8, 4) is 0 Å². The second-order valence-electron chi connectivity index (χ2n) is 5.15. The zero-order valence-corrected chi connectivity index (χ0v) is 13.1. The summed E-state index contributed by atoms with van der Waals surface area (Å²) in [4.78, 5) is 13.5. The van der Waals surface area contributed by atoms with Crippen molar-refractivity contribution in [2.45, 2.75) is 31.6 Å². The van der Waals surface area contributed by atoms with Crippen molar-refractivity contribution >= 4 is 17.5 Å². The van der Waals surface area contributed by atoms with Crippen LogP contribution in [0.5, 0.6) is 0 Å². The van der Waals surface area contributed by atoms with Crippen molar-refractivity contribution in [3.63, 3.8) is 0 Å². The molecule has 0 spiro atoms. The molecule has 0 saturated heterocycles. The molecule has 0 unspecified atom stereocenters. The first-order valence-electron chi connectivity index (χ1n) is 6.83. The Labute approximate surface area is 125 Å². The number of hydrogen-bond donors (Lipinski definition) is 0. The Hall–Kier alpha value is -1.54. The maximum Gasteiger partial charge on any atom is 0.163 e. The quantitative estimate of drug-likeness (QED) is 0.577. The highest BCUT2D eigenvalue weighted by Crippen LogP contribution is 2.17. The number of thioether (sulfide) groups is 1. The lowest BCUT2D eigenvalue weighted by atomic mass is 9.99. The van der Waals surface area contributed by atoms with Crippen LogP contribution in [-0.2, 0) is 6.42 Å². The minimum Gasteiger partial charge on any atom is -0.294 e. The Morgan fingerprint density at radius 3 is 2.15 bits per heavy atom. The molecule has 20 heavy (non-hydrogen) atoms. The van der Waals surface area contributed by atoms with E-state index in [4.69, 9.17) is 0 Å². The molecule has 0 aliphatic heterocycles. The molecule has 0 saturated carbocycles. The van der Waals surface area contributed by atoms with E-state index < -0.39 is 0 Å². The first-order valence-corrected chi connectivity index (χ1v) is 8.05. The molecule has 0 fully saturated rings. The molecule has 0 N–H and O–H groups in total. The van der Waals surface area contributed by atoms with Gasteiger partial charge in [-0.05, 0) is 56.4 Å². The Morgan fingerprint density at radius 2 is 1.60 bits per heavy atom. The molecule has 0 amide bonds. The fraction of sp³-hybridized carbons (Fsp3) is 0.278. The second-order valence-corrected chi connectivity index (χ2v) is 6.03. The van der Waals surface area contributed by atoms with Gasteiger partial charge in [-0.25, -0.2) is 0 Å². The van der Waals surface area contributed by atoms with Gasteiger partial charge >= 0.3 is 0 Å². The van der Waals surface area contributed by atoms with Gasteiger partial charge in [0.2, 0.25) is 0 Å². The van der Waals surface area contributed by atoms with Crippen LogP contribution in [0.2, 0.25) is 0 Å². The third-order valence-electron chi connectivity index (χ3n) is 3.34. The van der Waals surface area contributed by atoms with Crippen LogP contribution in [0.3, 0.4) is 0 Å². The zero-order valence-electron chi connectivity index (χ0n) is 12.3. The number of aryl methyl sites for hydroxylation is 3. The van der Waals surface area contributed by atoms with E-state index in [1.165, 1.54) is 10.5 Å².